The SMILES string of the molecule is CN(C(=O)NC1CC(=O)N(c2cccc(F)c2)C1)C1CCCCC1. The van der Waals surface area contributed by atoms with E-state index in [1.165, 1.54) is 23.5 Å². The molecule has 3 rings (SSSR count). The molecule has 1 N–H and O–H groups in total. The van der Waals surface area contributed by atoms with Crippen molar-refractivity contribution in [1.82, 2.24) is 10.2 Å². The number of hydrogen-bond acceptors (Lipinski definition) is 2. The van der Waals surface area contributed by atoms with E-state index < -0.39 is 0 Å². The highest BCUT2D eigenvalue weighted by Gasteiger charge is 2.33. The highest BCUT2D eigenvalue weighted by molar-refractivity contribution is 5.96. The second kappa shape index (κ2) is 7.20. The first-order valence-corrected chi connectivity index (χ1v) is 8.64. The van der Waals surface area contributed by atoms with Crippen molar-refractivity contribution in [3.05, 3.63) is 30.1 Å². The van der Waals surface area contributed by atoms with Crippen LogP contribution in [0.1, 0.15) is 38.5 Å². The molecule has 3 amide bonds. The maximum atomic E-state index is 13.4. The standard InChI is InChI=1S/C18H24FN3O2/c1-21(15-7-3-2-4-8-15)18(24)20-14-11-17(23)22(12-14)16-9-5-6-13(19)10-16/h5-6,9-10,14-15H,2-4,7-8,11-12H2,1H3,(H,20,24). The second-order valence-electron chi connectivity index (χ2n) is 6.74. The highest BCUT2D eigenvalue weighted by atomic mass is 19.1. The maximum absolute atomic E-state index is 13.4. The Morgan fingerprint density at radius 1 is 1.29 bits per heavy atom. The number of nitrogens with zero attached hydrogens (tertiary/aromatic N) is 2. The largest absolute Gasteiger partial charge is 0.333 e. The lowest BCUT2D eigenvalue weighted by atomic mass is 9.95. The van der Waals surface area contributed by atoms with Gasteiger partial charge in [-0.15, -0.1) is 0 Å². The van der Waals surface area contributed by atoms with Gasteiger partial charge in [-0.1, -0.05) is 25.3 Å². The average molecular weight is 333 g/mol. The number of carbonyl (C=O) groups is 2. The summed E-state index contributed by atoms with van der Waals surface area (Å²) in [5.74, 6) is -0.462. The molecule has 1 aliphatic heterocycles. The van der Waals surface area contributed by atoms with Crippen LogP contribution in [0.2, 0.25) is 0 Å². The molecule has 2 fully saturated rings. The van der Waals surface area contributed by atoms with Crippen LogP contribution in [0.25, 0.3) is 0 Å². The van der Waals surface area contributed by atoms with E-state index in [-0.39, 0.29) is 36.3 Å². The summed E-state index contributed by atoms with van der Waals surface area (Å²) in [4.78, 5) is 27.9. The minimum atomic E-state index is -0.371. The predicted octanol–water partition coefficient (Wildman–Crippen LogP) is 2.91. The molecule has 0 aromatic heterocycles. The van der Waals surface area contributed by atoms with Crippen molar-refractivity contribution in [2.24, 2.45) is 0 Å². The molecule has 1 unspecified atom stereocenters. The Morgan fingerprint density at radius 3 is 2.75 bits per heavy atom. The molecule has 0 spiro atoms. The van der Waals surface area contributed by atoms with Crippen LogP contribution in [0.3, 0.4) is 0 Å². The van der Waals surface area contributed by atoms with Crippen molar-refractivity contribution in [3.8, 4) is 0 Å². The minimum Gasteiger partial charge on any atom is -0.333 e. The third-order valence-corrected chi connectivity index (χ3v) is 5.02. The Bertz CT molecular complexity index is 616. The first-order valence-electron chi connectivity index (χ1n) is 8.64. The van der Waals surface area contributed by atoms with Gasteiger partial charge in [-0.25, -0.2) is 9.18 Å². The zero-order valence-electron chi connectivity index (χ0n) is 14.0. The number of hydrogen-bond donors (Lipinski definition) is 1. The number of rotatable bonds is 3. The maximum Gasteiger partial charge on any atom is 0.317 e. The summed E-state index contributed by atoms with van der Waals surface area (Å²) >= 11 is 0. The monoisotopic (exact) mass is 333 g/mol. The fourth-order valence-electron chi connectivity index (χ4n) is 3.61. The van der Waals surface area contributed by atoms with Gasteiger partial charge in [0, 0.05) is 31.7 Å². The van der Waals surface area contributed by atoms with E-state index in [0.29, 0.717) is 12.2 Å². The number of amides is 3. The zero-order chi connectivity index (χ0) is 17.1. The van der Waals surface area contributed by atoms with E-state index >= 15 is 0 Å². The molecule has 1 heterocycles. The fraction of sp³-hybridized carbons (Fsp3) is 0.556. The number of halogens is 1. The molecular formula is C18H24FN3O2. The Balaban J connectivity index is 1.58. The van der Waals surface area contributed by atoms with Crippen LogP contribution in [0.5, 0.6) is 0 Å². The van der Waals surface area contributed by atoms with Crippen LogP contribution in [0.15, 0.2) is 24.3 Å². The van der Waals surface area contributed by atoms with E-state index in [2.05, 4.69) is 5.32 Å². The van der Waals surface area contributed by atoms with Gasteiger partial charge in [0.2, 0.25) is 5.91 Å². The molecule has 130 valence electrons. The normalized spacial score (nSPS) is 21.8. The van der Waals surface area contributed by atoms with Crippen molar-refractivity contribution in [2.45, 2.75) is 50.6 Å². The predicted molar refractivity (Wildman–Crippen MR) is 90.3 cm³/mol. The molecule has 1 saturated carbocycles. The lowest BCUT2D eigenvalue weighted by molar-refractivity contribution is -0.117. The molecule has 1 aromatic carbocycles. The van der Waals surface area contributed by atoms with Gasteiger partial charge in [-0.05, 0) is 31.0 Å². The smallest absolute Gasteiger partial charge is 0.317 e. The van der Waals surface area contributed by atoms with Crippen molar-refractivity contribution in [1.29, 1.82) is 0 Å². The van der Waals surface area contributed by atoms with Gasteiger partial charge in [0.1, 0.15) is 5.82 Å². The van der Waals surface area contributed by atoms with Crippen molar-refractivity contribution in [3.63, 3.8) is 0 Å². The lowest BCUT2D eigenvalue weighted by Crippen LogP contribution is -2.48. The van der Waals surface area contributed by atoms with E-state index in [0.717, 1.165) is 25.7 Å². The molecule has 24 heavy (non-hydrogen) atoms. The average Bonchev–Trinajstić information content (AvgIpc) is 2.95. The van der Waals surface area contributed by atoms with Crippen molar-refractivity contribution < 1.29 is 14.0 Å². The summed E-state index contributed by atoms with van der Waals surface area (Å²) in [5, 5.41) is 2.95. The molecule has 6 heteroatoms. The van der Waals surface area contributed by atoms with E-state index in [1.807, 2.05) is 7.05 Å². The minimum absolute atomic E-state index is 0.0915. The molecule has 0 radical (unpaired) electrons. The first-order chi connectivity index (χ1) is 11.5. The molecule has 1 atom stereocenters. The molecular weight excluding hydrogens is 309 g/mol. The van der Waals surface area contributed by atoms with Gasteiger partial charge in [0.25, 0.3) is 0 Å². The first kappa shape index (κ1) is 16.7. The molecule has 0 bridgehead atoms. The zero-order valence-corrected chi connectivity index (χ0v) is 14.0. The molecule has 1 aromatic rings. The van der Waals surface area contributed by atoms with Gasteiger partial charge < -0.3 is 15.1 Å². The summed E-state index contributed by atoms with van der Waals surface area (Å²) in [6, 6.07) is 5.91. The quantitative estimate of drug-likeness (QED) is 0.925. The van der Waals surface area contributed by atoms with Crippen molar-refractivity contribution >= 4 is 17.6 Å². The van der Waals surface area contributed by atoms with Crippen LogP contribution in [0.4, 0.5) is 14.9 Å². The number of urea groups is 1. The van der Waals surface area contributed by atoms with E-state index in [1.54, 1.807) is 17.0 Å². The molecule has 1 saturated heterocycles. The Labute approximate surface area is 141 Å². The lowest BCUT2D eigenvalue weighted by Gasteiger charge is -2.32. The van der Waals surface area contributed by atoms with Gasteiger partial charge in [0.15, 0.2) is 0 Å². The van der Waals surface area contributed by atoms with Crippen LogP contribution >= 0.6 is 0 Å². The number of nitrogens with one attached hydrogen (secondary N) is 1. The van der Waals surface area contributed by atoms with Gasteiger partial charge in [-0.3, -0.25) is 4.79 Å². The third-order valence-electron chi connectivity index (χ3n) is 5.02. The topological polar surface area (TPSA) is 52.7 Å². The Kier molecular flexibility index (Phi) is 5.02. The van der Waals surface area contributed by atoms with Crippen LogP contribution in [-0.4, -0.2) is 42.5 Å². The van der Waals surface area contributed by atoms with Crippen LogP contribution in [0, 0.1) is 5.82 Å². The van der Waals surface area contributed by atoms with E-state index in [4.69, 9.17) is 0 Å². The second-order valence-corrected chi connectivity index (χ2v) is 6.74. The third kappa shape index (κ3) is 3.68. The molecule has 1 aliphatic carbocycles. The van der Waals surface area contributed by atoms with Gasteiger partial charge in [0.05, 0.1) is 6.04 Å². The molecule has 2 aliphatic rings. The Hall–Kier alpha value is -2.11. The number of anilines is 1. The molecule has 5 nitrogen and oxygen atoms in total. The summed E-state index contributed by atoms with van der Waals surface area (Å²) in [6.45, 7) is 0.381. The number of benzene rings is 1. The Morgan fingerprint density at radius 2 is 2.04 bits per heavy atom. The van der Waals surface area contributed by atoms with Crippen molar-refractivity contribution in [2.75, 3.05) is 18.5 Å². The highest BCUT2D eigenvalue weighted by Crippen LogP contribution is 2.24. The van der Waals surface area contributed by atoms with Gasteiger partial charge in [-0.2, -0.15) is 0 Å². The van der Waals surface area contributed by atoms with E-state index in [9.17, 15) is 14.0 Å². The summed E-state index contributed by atoms with van der Waals surface area (Å²) in [7, 11) is 1.83. The summed E-state index contributed by atoms with van der Waals surface area (Å²) in [5.41, 5.74) is 0.539. The van der Waals surface area contributed by atoms with Gasteiger partial charge >= 0.3 is 6.03 Å². The van der Waals surface area contributed by atoms with Crippen LogP contribution in [-0.2, 0) is 4.79 Å². The van der Waals surface area contributed by atoms with Crippen LogP contribution < -0.4 is 10.2 Å². The summed E-state index contributed by atoms with van der Waals surface area (Å²) in [6.07, 6.45) is 5.91. The number of carbonyl (C=O) groups excluding carboxylic acids is 2. The summed E-state index contributed by atoms with van der Waals surface area (Å²) < 4.78 is 13.4. The fourth-order valence-corrected chi connectivity index (χ4v) is 3.61.